The van der Waals surface area contributed by atoms with Gasteiger partial charge in [0, 0.05) is 12.6 Å². The first kappa shape index (κ1) is 15.3. The first-order valence-corrected chi connectivity index (χ1v) is 6.96. The minimum absolute atomic E-state index is 0.0500. The predicted octanol–water partition coefficient (Wildman–Crippen LogP) is 2.07. The fourth-order valence-electron chi connectivity index (χ4n) is 2.20. The van der Waals surface area contributed by atoms with E-state index in [0.717, 1.165) is 6.42 Å². The van der Waals surface area contributed by atoms with Gasteiger partial charge in [0.05, 0.1) is 11.0 Å². The summed E-state index contributed by atoms with van der Waals surface area (Å²) in [5.74, 6) is -0.555. The molecule has 0 fully saturated rings. The molecule has 0 saturated heterocycles. The van der Waals surface area contributed by atoms with Crippen molar-refractivity contribution in [2.24, 2.45) is 0 Å². The maximum atomic E-state index is 12.0. The third-order valence-corrected chi connectivity index (χ3v) is 3.28. The van der Waals surface area contributed by atoms with Crippen LogP contribution in [0, 0.1) is 0 Å². The van der Waals surface area contributed by atoms with Gasteiger partial charge in [-0.25, -0.2) is 0 Å². The molecule has 1 unspecified atom stereocenters. The van der Waals surface area contributed by atoms with E-state index in [1.165, 1.54) is 6.07 Å². The van der Waals surface area contributed by atoms with Gasteiger partial charge in [-0.05, 0) is 25.5 Å². The third-order valence-electron chi connectivity index (χ3n) is 3.28. The average molecular weight is 289 g/mol. The molecule has 0 aliphatic carbocycles. The van der Waals surface area contributed by atoms with Gasteiger partial charge in [0.2, 0.25) is 0 Å². The number of hydrogen-bond acceptors (Lipinski definition) is 4. The number of hydrogen-bond donors (Lipinski definition) is 2. The molecule has 0 radical (unpaired) electrons. The van der Waals surface area contributed by atoms with Gasteiger partial charge in [-0.15, -0.1) is 0 Å². The van der Waals surface area contributed by atoms with Crippen LogP contribution in [0.2, 0.25) is 0 Å². The molecule has 1 aromatic heterocycles. The molecule has 1 aromatic carbocycles. The highest BCUT2D eigenvalue weighted by Crippen LogP contribution is 2.13. The lowest BCUT2D eigenvalue weighted by Crippen LogP contribution is -2.40. The Morgan fingerprint density at radius 1 is 1.38 bits per heavy atom. The summed E-state index contributed by atoms with van der Waals surface area (Å²) in [4.78, 5) is 24.0. The molecule has 21 heavy (non-hydrogen) atoms. The first-order valence-electron chi connectivity index (χ1n) is 6.96. The number of nitrogens with one attached hydrogen (secondary N) is 1. The number of carbonyl (C=O) groups excluding carboxylic acids is 1. The number of amides is 1. The van der Waals surface area contributed by atoms with Crippen molar-refractivity contribution in [3.8, 4) is 0 Å². The highest BCUT2D eigenvalue weighted by atomic mass is 16.3. The molecule has 2 N–H and O–H groups in total. The molecule has 0 bridgehead atoms. The fraction of sp³-hybridized carbons (Fsp3) is 0.375. The Labute approximate surface area is 122 Å². The number of fused-ring (bicyclic) bond motifs is 1. The van der Waals surface area contributed by atoms with E-state index in [-0.39, 0.29) is 17.7 Å². The number of rotatable bonds is 5. The Morgan fingerprint density at radius 2 is 2.10 bits per heavy atom. The van der Waals surface area contributed by atoms with Crippen molar-refractivity contribution in [2.75, 3.05) is 6.54 Å². The van der Waals surface area contributed by atoms with E-state index in [2.05, 4.69) is 5.32 Å². The lowest BCUT2D eigenvalue weighted by atomic mass is 10.0. The molecule has 2 aromatic rings. The Morgan fingerprint density at radius 3 is 2.81 bits per heavy atom. The number of aliphatic hydroxyl groups is 1. The average Bonchev–Trinajstić information content (AvgIpc) is 2.45. The summed E-state index contributed by atoms with van der Waals surface area (Å²) in [6, 6.07) is 7.93. The van der Waals surface area contributed by atoms with Crippen molar-refractivity contribution in [1.82, 2.24) is 5.32 Å². The van der Waals surface area contributed by atoms with E-state index in [4.69, 9.17) is 4.42 Å². The SMILES string of the molecule is CCCC(C)(O)CNC(=O)c1cc(=O)c2ccccc2o1. The standard InChI is InChI=1S/C16H19NO4/c1-3-8-16(2,20)10-17-15(19)14-9-12(18)11-6-4-5-7-13(11)21-14/h4-7,9,20H,3,8,10H2,1-2H3,(H,17,19). The minimum atomic E-state index is -0.971. The van der Waals surface area contributed by atoms with Crippen molar-refractivity contribution < 1.29 is 14.3 Å². The van der Waals surface area contributed by atoms with Gasteiger partial charge in [0.15, 0.2) is 11.2 Å². The van der Waals surface area contributed by atoms with E-state index in [1.54, 1.807) is 31.2 Å². The zero-order chi connectivity index (χ0) is 15.5. The summed E-state index contributed by atoms with van der Waals surface area (Å²) in [5.41, 5.74) is -0.862. The Balaban J connectivity index is 2.18. The second kappa shape index (κ2) is 6.10. The molecule has 5 heteroatoms. The number of para-hydroxylation sites is 1. The van der Waals surface area contributed by atoms with Crippen LogP contribution < -0.4 is 10.7 Å². The summed E-state index contributed by atoms with van der Waals surface area (Å²) in [6.07, 6.45) is 1.39. The molecule has 0 saturated carbocycles. The van der Waals surface area contributed by atoms with Crippen molar-refractivity contribution in [3.63, 3.8) is 0 Å². The van der Waals surface area contributed by atoms with Crippen LogP contribution in [0.1, 0.15) is 37.2 Å². The van der Waals surface area contributed by atoms with Crippen LogP contribution in [0.5, 0.6) is 0 Å². The van der Waals surface area contributed by atoms with Crippen LogP contribution in [0.4, 0.5) is 0 Å². The summed E-state index contributed by atoms with van der Waals surface area (Å²) in [7, 11) is 0. The topological polar surface area (TPSA) is 79.5 Å². The normalized spacial score (nSPS) is 13.9. The van der Waals surface area contributed by atoms with Gasteiger partial charge in [-0.2, -0.15) is 0 Å². The second-order valence-corrected chi connectivity index (χ2v) is 5.40. The second-order valence-electron chi connectivity index (χ2n) is 5.40. The van der Waals surface area contributed by atoms with Crippen molar-refractivity contribution >= 4 is 16.9 Å². The molecular weight excluding hydrogens is 270 g/mol. The lowest BCUT2D eigenvalue weighted by Gasteiger charge is -2.22. The molecule has 2 rings (SSSR count). The summed E-state index contributed by atoms with van der Waals surface area (Å²) >= 11 is 0. The first-order chi connectivity index (χ1) is 9.93. The molecule has 0 spiro atoms. The maximum absolute atomic E-state index is 12.0. The van der Waals surface area contributed by atoms with Crippen LogP contribution in [0.3, 0.4) is 0 Å². The van der Waals surface area contributed by atoms with Crippen molar-refractivity contribution in [2.45, 2.75) is 32.3 Å². The molecule has 1 heterocycles. The van der Waals surface area contributed by atoms with E-state index in [9.17, 15) is 14.7 Å². The number of benzene rings is 1. The van der Waals surface area contributed by atoms with E-state index >= 15 is 0 Å². The van der Waals surface area contributed by atoms with Gasteiger partial charge in [-0.1, -0.05) is 25.5 Å². The van der Waals surface area contributed by atoms with E-state index < -0.39 is 11.5 Å². The molecule has 1 atom stereocenters. The summed E-state index contributed by atoms with van der Waals surface area (Å²) < 4.78 is 5.44. The van der Waals surface area contributed by atoms with Crippen LogP contribution >= 0.6 is 0 Å². The van der Waals surface area contributed by atoms with Crippen LogP contribution in [0.15, 0.2) is 39.5 Å². The Hall–Kier alpha value is -2.14. The summed E-state index contributed by atoms with van der Waals surface area (Å²) in [6.45, 7) is 3.72. The molecule has 0 aliphatic rings. The third kappa shape index (κ3) is 3.70. The monoisotopic (exact) mass is 289 g/mol. The zero-order valence-electron chi connectivity index (χ0n) is 12.2. The molecule has 0 aliphatic heterocycles. The van der Waals surface area contributed by atoms with Crippen LogP contribution in [-0.2, 0) is 0 Å². The molecule has 112 valence electrons. The maximum Gasteiger partial charge on any atom is 0.287 e. The molecule has 5 nitrogen and oxygen atoms in total. The van der Waals surface area contributed by atoms with Crippen molar-refractivity contribution in [1.29, 1.82) is 0 Å². The van der Waals surface area contributed by atoms with Gasteiger partial charge < -0.3 is 14.8 Å². The highest BCUT2D eigenvalue weighted by molar-refractivity contribution is 5.93. The smallest absolute Gasteiger partial charge is 0.287 e. The molecule has 1 amide bonds. The van der Waals surface area contributed by atoms with Gasteiger partial charge in [0.1, 0.15) is 5.58 Å². The Bertz CT molecular complexity index is 703. The Kier molecular flexibility index (Phi) is 4.43. The lowest BCUT2D eigenvalue weighted by molar-refractivity contribution is 0.0463. The highest BCUT2D eigenvalue weighted by Gasteiger charge is 2.21. The number of carbonyl (C=O) groups is 1. The predicted molar refractivity (Wildman–Crippen MR) is 80.3 cm³/mol. The van der Waals surface area contributed by atoms with Gasteiger partial charge in [-0.3, -0.25) is 9.59 Å². The largest absolute Gasteiger partial charge is 0.451 e. The van der Waals surface area contributed by atoms with Crippen LogP contribution in [0.25, 0.3) is 11.0 Å². The van der Waals surface area contributed by atoms with Crippen LogP contribution in [-0.4, -0.2) is 23.2 Å². The zero-order valence-corrected chi connectivity index (χ0v) is 12.2. The molecular formula is C16H19NO4. The van der Waals surface area contributed by atoms with E-state index in [1.807, 2.05) is 6.92 Å². The summed E-state index contributed by atoms with van der Waals surface area (Å²) in [5, 5.41) is 13.1. The van der Waals surface area contributed by atoms with Gasteiger partial charge in [0.25, 0.3) is 5.91 Å². The van der Waals surface area contributed by atoms with E-state index in [0.29, 0.717) is 17.4 Å². The van der Waals surface area contributed by atoms with Gasteiger partial charge >= 0.3 is 0 Å². The minimum Gasteiger partial charge on any atom is -0.451 e. The van der Waals surface area contributed by atoms with Crippen molar-refractivity contribution in [3.05, 3.63) is 46.3 Å². The fourth-order valence-corrected chi connectivity index (χ4v) is 2.20. The quantitative estimate of drug-likeness (QED) is 0.883.